The van der Waals surface area contributed by atoms with E-state index in [1.165, 1.54) is 44.9 Å². The Morgan fingerprint density at radius 2 is 1.94 bits per heavy atom. The number of nitrogens with one attached hydrogen (secondary N) is 1. The van der Waals surface area contributed by atoms with Gasteiger partial charge in [0.05, 0.1) is 12.2 Å². The molecule has 1 saturated carbocycles. The van der Waals surface area contributed by atoms with Gasteiger partial charge in [-0.3, -0.25) is 0 Å². The average molecular weight is 225 g/mol. The van der Waals surface area contributed by atoms with Crippen molar-refractivity contribution in [3.8, 4) is 0 Å². The topological polar surface area (TPSA) is 21.3 Å². The fourth-order valence-electron chi connectivity index (χ4n) is 3.28. The van der Waals surface area contributed by atoms with Crippen molar-refractivity contribution >= 4 is 0 Å². The van der Waals surface area contributed by atoms with Crippen LogP contribution in [-0.2, 0) is 4.74 Å². The van der Waals surface area contributed by atoms with Crippen LogP contribution in [0.1, 0.15) is 58.8 Å². The summed E-state index contributed by atoms with van der Waals surface area (Å²) in [6.45, 7) is 5.60. The summed E-state index contributed by atoms with van der Waals surface area (Å²) in [5, 5.41) is 3.76. The summed E-state index contributed by atoms with van der Waals surface area (Å²) in [5.74, 6) is 0.910. The van der Waals surface area contributed by atoms with Crippen molar-refractivity contribution in [2.24, 2.45) is 5.92 Å². The molecule has 0 aromatic carbocycles. The van der Waals surface area contributed by atoms with Crippen LogP contribution in [-0.4, -0.2) is 24.8 Å². The van der Waals surface area contributed by atoms with Gasteiger partial charge in [0, 0.05) is 12.6 Å². The van der Waals surface area contributed by atoms with E-state index in [9.17, 15) is 0 Å². The number of hydrogen-bond acceptors (Lipinski definition) is 2. The Bertz CT molecular complexity index is 207. The van der Waals surface area contributed by atoms with Gasteiger partial charge in [-0.05, 0) is 38.5 Å². The summed E-state index contributed by atoms with van der Waals surface area (Å²) < 4.78 is 5.86. The second kappa shape index (κ2) is 6.02. The van der Waals surface area contributed by atoms with Gasteiger partial charge in [0.1, 0.15) is 0 Å². The van der Waals surface area contributed by atoms with Crippen LogP contribution >= 0.6 is 0 Å². The first-order valence-electron chi connectivity index (χ1n) is 7.18. The second-order valence-electron chi connectivity index (χ2n) is 5.61. The van der Waals surface area contributed by atoms with Crippen LogP contribution in [0.4, 0.5) is 0 Å². The van der Waals surface area contributed by atoms with Gasteiger partial charge in [-0.15, -0.1) is 0 Å². The Morgan fingerprint density at radius 1 is 1.12 bits per heavy atom. The van der Waals surface area contributed by atoms with E-state index in [1.807, 2.05) is 0 Å². The molecule has 1 heterocycles. The molecule has 0 amide bonds. The first-order valence-corrected chi connectivity index (χ1v) is 7.18. The molecule has 16 heavy (non-hydrogen) atoms. The highest BCUT2D eigenvalue weighted by Gasteiger charge is 2.26. The lowest BCUT2D eigenvalue weighted by Gasteiger charge is -2.32. The van der Waals surface area contributed by atoms with Crippen molar-refractivity contribution < 1.29 is 4.74 Å². The van der Waals surface area contributed by atoms with Gasteiger partial charge in [-0.1, -0.05) is 26.2 Å². The fourth-order valence-corrected chi connectivity index (χ4v) is 3.28. The molecule has 2 aliphatic rings. The lowest BCUT2D eigenvalue weighted by Crippen LogP contribution is -2.42. The van der Waals surface area contributed by atoms with Gasteiger partial charge >= 0.3 is 0 Å². The van der Waals surface area contributed by atoms with E-state index in [-0.39, 0.29) is 0 Å². The largest absolute Gasteiger partial charge is 0.374 e. The molecule has 0 aromatic rings. The minimum atomic E-state index is 0.481. The predicted molar refractivity (Wildman–Crippen MR) is 67.6 cm³/mol. The van der Waals surface area contributed by atoms with Crippen molar-refractivity contribution in [3.63, 3.8) is 0 Å². The van der Waals surface area contributed by atoms with Crippen molar-refractivity contribution in [3.05, 3.63) is 0 Å². The molecule has 1 aliphatic heterocycles. The highest BCUT2D eigenvalue weighted by molar-refractivity contribution is 4.82. The molecule has 94 valence electrons. The molecule has 0 bridgehead atoms. The Kier molecular flexibility index (Phi) is 4.66. The van der Waals surface area contributed by atoms with Crippen LogP contribution in [0.5, 0.6) is 0 Å². The Hall–Kier alpha value is -0.0800. The zero-order chi connectivity index (χ0) is 11.4. The minimum Gasteiger partial charge on any atom is -0.374 e. The minimum absolute atomic E-state index is 0.481. The average Bonchev–Trinajstić information content (AvgIpc) is 2.73. The van der Waals surface area contributed by atoms with E-state index in [0.717, 1.165) is 18.5 Å². The SMILES string of the molecule is CCC1CCCCC1NCC1CCC(C)O1. The van der Waals surface area contributed by atoms with Gasteiger partial charge in [-0.2, -0.15) is 0 Å². The molecule has 2 heteroatoms. The van der Waals surface area contributed by atoms with E-state index < -0.39 is 0 Å². The highest BCUT2D eigenvalue weighted by Crippen LogP contribution is 2.27. The fraction of sp³-hybridized carbons (Fsp3) is 1.00. The molecule has 2 nitrogen and oxygen atoms in total. The monoisotopic (exact) mass is 225 g/mol. The lowest BCUT2D eigenvalue weighted by molar-refractivity contribution is 0.0514. The number of rotatable bonds is 4. The van der Waals surface area contributed by atoms with Crippen molar-refractivity contribution in [2.45, 2.75) is 77.0 Å². The maximum atomic E-state index is 5.86. The quantitative estimate of drug-likeness (QED) is 0.794. The summed E-state index contributed by atoms with van der Waals surface area (Å²) in [4.78, 5) is 0. The third kappa shape index (κ3) is 3.21. The van der Waals surface area contributed by atoms with Gasteiger partial charge in [0.2, 0.25) is 0 Å². The van der Waals surface area contributed by atoms with E-state index in [4.69, 9.17) is 4.74 Å². The molecule has 1 saturated heterocycles. The molecule has 4 atom stereocenters. The summed E-state index contributed by atoms with van der Waals surface area (Å²) >= 11 is 0. The van der Waals surface area contributed by atoms with Gasteiger partial charge in [-0.25, -0.2) is 0 Å². The zero-order valence-electron chi connectivity index (χ0n) is 10.9. The molecule has 4 unspecified atom stereocenters. The van der Waals surface area contributed by atoms with Gasteiger partial charge in [0.25, 0.3) is 0 Å². The zero-order valence-corrected chi connectivity index (χ0v) is 10.9. The summed E-state index contributed by atoms with van der Waals surface area (Å²) in [5.41, 5.74) is 0. The van der Waals surface area contributed by atoms with Crippen molar-refractivity contribution in [1.82, 2.24) is 5.32 Å². The van der Waals surface area contributed by atoms with E-state index >= 15 is 0 Å². The lowest BCUT2D eigenvalue weighted by atomic mass is 9.83. The van der Waals surface area contributed by atoms with Crippen LogP contribution in [0.25, 0.3) is 0 Å². The summed E-state index contributed by atoms with van der Waals surface area (Å²) in [6.07, 6.45) is 10.4. The van der Waals surface area contributed by atoms with Crippen molar-refractivity contribution in [1.29, 1.82) is 0 Å². The molecule has 2 rings (SSSR count). The van der Waals surface area contributed by atoms with Crippen LogP contribution in [0.15, 0.2) is 0 Å². The van der Waals surface area contributed by atoms with Gasteiger partial charge in [0.15, 0.2) is 0 Å². The van der Waals surface area contributed by atoms with E-state index in [0.29, 0.717) is 12.2 Å². The van der Waals surface area contributed by atoms with Crippen LogP contribution in [0, 0.1) is 5.92 Å². The third-order valence-corrected chi connectivity index (χ3v) is 4.36. The first kappa shape index (κ1) is 12.4. The molecule has 0 radical (unpaired) electrons. The number of ether oxygens (including phenoxy) is 1. The standard InChI is InChI=1S/C14H27NO/c1-3-12-6-4-5-7-14(12)15-10-13-9-8-11(2)16-13/h11-15H,3-10H2,1-2H3. The molecule has 1 aliphatic carbocycles. The molecule has 1 N–H and O–H groups in total. The van der Waals surface area contributed by atoms with E-state index in [1.54, 1.807) is 0 Å². The maximum absolute atomic E-state index is 5.86. The smallest absolute Gasteiger partial charge is 0.0704 e. The van der Waals surface area contributed by atoms with Crippen LogP contribution < -0.4 is 5.32 Å². The van der Waals surface area contributed by atoms with Crippen LogP contribution in [0.2, 0.25) is 0 Å². The van der Waals surface area contributed by atoms with E-state index in [2.05, 4.69) is 19.2 Å². The molecule has 2 fully saturated rings. The maximum Gasteiger partial charge on any atom is 0.0704 e. The first-order chi connectivity index (χ1) is 7.79. The summed E-state index contributed by atoms with van der Waals surface area (Å²) in [6, 6.07) is 0.762. The Balaban J connectivity index is 1.71. The van der Waals surface area contributed by atoms with Gasteiger partial charge < -0.3 is 10.1 Å². The molecule has 0 aromatic heterocycles. The molecule has 0 spiro atoms. The number of hydrogen-bond donors (Lipinski definition) is 1. The van der Waals surface area contributed by atoms with Crippen molar-refractivity contribution in [2.75, 3.05) is 6.54 Å². The highest BCUT2D eigenvalue weighted by atomic mass is 16.5. The molecular weight excluding hydrogens is 198 g/mol. The third-order valence-electron chi connectivity index (χ3n) is 4.36. The predicted octanol–water partition coefficient (Wildman–Crippen LogP) is 3.11. The Morgan fingerprint density at radius 3 is 2.62 bits per heavy atom. The summed E-state index contributed by atoms with van der Waals surface area (Å²) in [7, 11) is 0. The Labute approximate surface area is 100 Å². The normalized spacial score (nSPS) is 40.1. The van der Waals surface area contributed by atoms with Crippen LogP contribution in [0.3, 0.4) is 0 Å². The second-order valence-corrected chi connectivity index (χ2v) is 5.61. The molecular formula is C14H27NO.